The minimum atomic E-state index is -0.125. The van der Waals surface area contributed by atoms with Crippen molar-refractivity contribution in [3.63, 3.8) is 0 Å². The Morgan fingerprint density at radius 3 is 2.52 bits per heavy atom. The Bertz CT molecular complexity index is 445. The number of amides is 1. The second-order valence-electron chi connectivity index (χ2n) is 4.86. The van der Waals surface area contributed by atoms with E-state index < -0.39 is 0 Å². The number of aromatic nitrogens is 1. The van der Waals surface area contributed by atoms with Gasteiger partial charge in [-0.3, -0.25) is 4.79 Å². The van der Waals surface area contributed by atoms with Gasteiger partial charge in [0.25, 0.3) is 5.91 Å². The van der Waals surface area contributed by atoms with E-state index >= 15 is 0 Å². The molecular formula is C14H27N5OS. The highest BCUT2D eigenvalue weighted by atomic mass is 32.1. The van der Waals surface area contributed by atoms with Gasteiger partial charge in [-0.25, -0.2) is 4.98 Å². The molecule has 0 unspecified atom stereocenters. The van der Waals surface area contributed by atoms with Gasteiger partial charge >= 0.3 is 0 Å². The predicted molar refractivity (Wildman–Crippen MR) is 90.2 cm³/mol. The molecule has 0 spiro atoms. The van der Waals surface area contributed by atoms with Gasteiger partial charge in [0.15, 0.2) is 5.13 Å². The van der Waals surface area contributed by atoms with E-state index in [1.54, 1.807) is 0 Å². The molecule has 3 N–H and O–H groups in total. The van der Waals surface area contributed by atoms with Crippen molar-refractivity contribution in [3.8, 4) is 0 Å². The number of nitrogen functional groups attached to an aromatic ring is 1. The standard InChI is InChI=1S/C14H27N5OS/c1-5-18(4)14-17-12(15)11(21-14)13(20)16-9-8-10-19(6-2)7-3/h5-10,15H2,1-4H3,(H,16,20). The zero-order chi connectivity index (χ0) is 15.8. The summed E-state index contributed by atoms with van der Waals surface area (Å²) in [6.07, 6.45) is 0.938. The largest absolute Gasteiger partial charge is 0.382 e. The van der Waals surface area contributed by atoms with Crippen LogP contribution in [0.15, 0.2) is 0 Å². The van der Waals surface area contributed by atoms with Gasteiger partial charge in [-0.2, -0.15) is 0 Å². The summed E-state index contributed by atoms with van der Waals surface area (Å²) in [7, 11) is 1.93. The summed E-state index contributed by atoms with van der Waals surface area (Å²) in [5.41, 5.74) is 5.83. The lowest BCUT2D eigenvalue weighted by molar-refractivity contribution is 0.0956. The minimum absolute atomic E-state index is 0.125. The van der Waals surface area contributed by atoms with Crippen LogP contribution in [0.4, 0.5) is 10.9 Å². The number of carbonyl (C=O) groups is 1. The maximum atomic E-state index is 12.1. The van der Waals surface area contributed by atoms with Crippen molar-refractivity contribution in [1.29, 1.82) is 0 Å². The van der Waals surface area contributed by atoms with E-state index in [1.807, 2.05) is 18.9 Å². The summed E-state index contributed by atoms with van der Waals surface area (Å²) < 4.78 is 0. The van der Waals surface area contributed by atoms with E-state index in [2.05, 4.69) is 29.0 Å². The molecule has 7 heteroatoms. The SMILES string of the molecule is CCN(CC)CCCNC(=O)c1sc(N(C)CC)nc1N. The van der Waals surface area contributed by atoms with Crippen LogP contribution in [0.3, 0.4) is 0 Å². The first-order valence-corrected chi connectivity index (χ1v) is 8.33. The summed E-state index contributed by atoms with van der Waals surface area (Å²) >= 11 is 1.34. The van der Waals surface area contributed by atoms with Crippen LogP contribution in [-0.2, 0) is 0 Å². The third-order valence-corrected chi connectivity index (χ3v) is 4.66. The first kappa shape index (κ1) is 17.7. The van der Waals surface area contributed by atoms with Crippen molar-refractivity contribution in [3.05, 3.63) is 4.88 Å². The Kier molecular flexibility index (Phi) is 7.45. The van der Waals surface area contributed by atoms with Crippen LogP contribution >= 0.6 is 11.3 Å². The van der Waals surface area contributed by atoms with E-state index in [1.165, 1.54) is 11.3 Å². The molecule has 1 rings (SSSR count). The molecular weight excluding hydrogens is 286 g/mol. The zero-order valence-electron chi connectivity index (χ0n) is 13.5. The molecule has 1 aromatic rings. The maximum Gasteiger partial charge on any atom is 0.265 e. The van der Waals surface area contributed by atoms with Gasteiger partial charge < -0.3 is 20.9 Å². The van der Waals surface area contributed by atoms with Crippen molar-refractivity contribution < 1.29 is 4.79 Å². The predicted octanol–water partition coefficient (Wildman–Crippen LogP) is 1.64. The number of carbonyl (C=O) groups excluding carboxylic acids is 1. The number of hydrogen-bond acceptors (Lipinski definition) is 6. The fourth-order valence-corrected chi connectivity index (χ4v) is 2.83. The molecule has 0 fully saturated rings. The molecule has 21 heavy (non-hydrogen) atoms. The molecule has 1 heterocycles. The molecule has 0 aromatic carbocycles. The van der Waals surface area contributed by atoms with Crippen molar-refractivity contribution in [2.45, 2.75) is 27.2 Å². The Labute approximate surface area is 131 Å². The second-order valence-corrected chi connectivity index (χ2v) is 5.84. The first-order valence-electron chi connectivity index (χ1n) is 7.51. The number of rotatable bonds is 9. The monoisotopic (exact) mass is 313 g/mol. The summed E-state index contributed by atoms with van der Waals surface area (Å²) in [5.74, 6) is 0.192. The normalized spacial score (nSPS) is 10.9. The summed E-state index contributed by atoms with van der Waals surface area (Å²) in [6.45, 7) is 10.9. The van der Waals surface area contributed by atoms with E-state index in [0.29, 0.717) is 17.2 Å². The molecule has 6 nitrogen and oxygen atoms in total. The van der Waals surface area contributed by atoms with Gasteiger partial charge in [-0.1, -0.05) is 25.2 Å². The molecule has 0 aliphatic rings. The van der Waals surface area contributed by atoms with E-state index in [0.717, 1.165) is 37.7 Å². The molecule has 1 aromatic heterocycles. The van der Waals surface area contributed by atoms with E-state index in [9.17, 15) is 4.79 Å². The second kappa shape index (κ2) is 8.84. The molecule has 0 saturated carbocycles. The van der Waals surface area contributed by atoms with Crippen LogP contribution in [0.1, 0.15) is 36.9 Å². The summed E-state index contributed by atoms with van der Waals surface area (Å²) in [6, 6.07) is 0. The van der Waals surface area contributed by atoms with Crippen LogP contribution in [-0.4, -0.2) is 55.6 Å². The number of thiazole rings is 1. The van der Waals surface area contributed by atoms with E-state index in [-0.39, 0.29) is 5.91 Å². The lowest BCUT2D eigenvalue weighted by Gasteiger charge is -2.17. The van der Waals surface area contributed by atoms with Gasteiger partial charge in [0.1, 0.15) is 10.7 Å². The average molecular weight is 313 g/mol. The lowest BCUT2D eigenvalue weighted by Crippen LogP contribution is -2.29. The highest BCUT2D eigenvalue weighted by Gasteiger charge is 2.17. The fourth-order valence-electron chi connectivity index (χ4n) is 1.91. The molecule has 0 atom stereocenters. The summed E-state index contributed by atoms with van der Waals surface area (Å²) in [4.78, 5) is 21.2. The van der Waals surface area contributed by atoms with Crippen LogP contribution in [0.25, 0.3) is 0 Å². The quantitative estimate of drug-likeness (QED) is 0.678. The number of hydrogen-bond donors (Lipinski definition) is 2. The van der Waals surface area contributed by atoms with Gasteiger partial charge in [0.2, 0.25) is 0 Å². The average Bonchev–Trinajstić information content (AvgIpc) is 2.88. The Hall–Kier alpha value is -1.34. The Balaban J connectivity index is 2.47. The zero-order valence-corrected chi connectivity index (χ0v) is 14.3. The van der Waals surface area contributed by atoms with Crippen molar-refractivity contribution in [1.82, 2.24) is 15.2 Å². The van der Waals surface area contributed by atoms with Crippen LogP contribution in [0.5, 0.6) is 0 Å². The first-order chi connectivity index (χ1) is 10.0. The minimum Gasteiger partial charge on any atom is -0.382 e. The van der Waals surface area contributed by atoms with Gasteiger partial charge in [-0.05, 0) is 33.0 Å². The number of anilines is 2. The number of nitrogens with two attached hydrogens (primary N) is 1. The fraction of sp³-hybridized carbons (Fsp3) is 0.714. The number of nitrogens with zero attached hydrogens (tertiary/aromatic N) is 3. The molecule has 0 aliphatic carbocycles. The van der Waals surface area contributed by atoms with Crippen molar-refractivity contribution >= 4 is 28.2 Å². The highest BCUT2D eigenvalue weighted by molar-refractivity contribution is 7.18. The molecule has 0 aliphatic heterocycles. The van der Waals surface area contributed by atoms with Gasteiger partial charge in [0.05, 0.1) is 0 Å². The van der Waals surface area contributed by atoms with Crippen LogP contribution < -0.4 is 16.0 Å². The Morgan fingerprint density at radius 1 is 1.29 bits per heavy atom. The molecule has 120 valence electrons. The molecule has 1 amide bonds. The van der Waals surface area contributed by atoms with Gasteiger partial charge in [0, 0.05) is 20.1 Å². The lowest BCUT2D eigenvalue weighted by atomic mass is 10.3. The van der Waals surface area contributed by atoms with E-state index in [4.69, 9.17) is 5.73 Å². The molecule has 0 bridgehead atoms. The maximum absolute atomic E-state index is 12.1. The topological polar surface area (TPSA) is 74.5 Å². The van der Waals surface area contributed by atoms with Crippen LogP contribution in [0, 0.1) is 0 Å². The van der Waals surface area contributed by atoms with Gasteiger partial charge in [-0.15, -0.1) is 0 Å². The van der Waals surface area contributed by atoms with Crippen molar-refractivity contribution in [2.24, 2.45) is 0 Å². The summed E-state index contributed by atoms with van der Waals surface area (Å²) in [5, 5.41) is 3.70. The third kappa shape index (κ3) is 5.17. The third-order valence-electron chi connectivity index (χ3n) is 3.48. The smallest absolute Gasteiger partial charge is 0.265 e. The molecule has 0 radical (unpaired) electrons. The number of nitrogens with one attached hydrogen (secondary N) is 1. The molecule has 0 saturated heterocycles. The highest BCUT2D eigenvalue weighted by Crippen LogP contribution is 2.27. The van der Waals surface area contributed by atoms with Crippen molar-refractivity contribution in [2.75, 3.05) is 50.4 Å². The van der Waals surface area contributed by atoms with Crippen LogP contribution in [0.2, 0.25) is 0 Å². The Morgan fingerprint density at radius 2 is 1.95 bits per heavy atom.